The van der Waals surface area contributed by atoms with E-state index in [1.165, 1.54) is 117 Å². The maximum Gasteiger partial charge on any atom is 0.0636 e. The molecule has 0 radical (unpaired) electrons. The van der Waals surface area contributed by atoms with Crippen LogP contribution in [0.25, 0.3) is 0 Å². The van der Waals surface area contributed by atoms with Crippen LogP contribution in [0.4, 0.5) is 11.4 Å². The van der Waals surface area contributed by atoms with Gasteiger partial charge in [-0.1, -0.05) is 124 Å². The summed E-state index contributed by atoms with van der Waals surface area (Å²) in [4.78, 5) is 10.8. The molecule has 0 saturated heterocycles. The predicted molar refractivity (Wildman–Crippen MR) is 185 cm³/mol. The third-order valence-corrected chi connectivity index (χ3v) is 8.10. The van der Waals surface area contributed by atoms with Crippen LogP contribution in [0.2, 0.25) is 0 Å². The molecule has 3 heteroatoms. The van der Waals surface area contributed by atoms with Gasteiger partial charge in [0, 0.05) is 20.4 Å². The van der Waals surface area contributed by atoms with Gasteiger partial charge in [0.25, 0.3) is 0 Å². The first-order valence-electron chi connectivity index (χ1n) is 17.5. The Morgan fingerprint density at radius 3 is 1.21 bits per heavy atom. The smallest absolute Gasteiger partial charge is 0.0636 e. The van der Waals surface area contributed by atoms with Gasteiger partial charge in [-0.3, -0.25) is 9.98 Å². The van der Waals surface area contributed by atoms with Gasteiger partial charge >= 0.3 is 0 Å². The Labute approximate surface area is 274 Å². The van der Waals surface area contributed by atoms with E-state index in [1.54, 1.807) is 0 Å². The van der Waals surface area contributed by atoms with E-state index in [9.17, 15) is 0 Å². The molecule has 0 aliphatic heterocycles. The fourth-order valence-electron chi connectivity index (χ4n) is 5.85. The predicted octanol–water partition coefficient (Wildman–Crippen LogP) is 12.7. The van der Waals surface area contributed by atoms with Gasteiger partial charge in [0.1, 0.15) is 0 Å². The largest absolute Gasteiger partial charge is 0.252 e. The van der Waals surface area contributed by atoms with Crippen molar-refractivity contribution in [3.05, 3.63) is 58.7 Å². The van der Waals surface area contributed by atoms with E-state index in [2.05, 4.69) is 77.9 Å². The minimum atomic E-state index is 0. The fraction of sp³-hybridized carbons (Fsp3) is 0.641. The molecule has 2 nitrogen and oxygen atoms in total. The second kappa shape index (κ2) is 23.8. The molecule has 0 bridgehead atoms. The SMILES string of the molecule is CCCCCCCCC(=N\c1ccc(CCC)c(CCC)c1)/C(CCCCC)=N/c1ccc(CCC)c(CCC)c1.[Pd]. The molecule has 0 heterocycles. The molecule has 0 saturated carbocycles. The van der Waals surface area contributed by atoms with Gasteiger partial charge in [0.2, 0.25) is 0 Å². The van der Waals surface area contributed by atoms with Gasteiger partial charge in [-0.15, -0.1) is 0 Å². The van der Waals surface area contributed by atoms with Crippen LogP contribution >= 0.6 is 0 Å². The quantitative estimate of drug-likeness (QED) is 0.0680. The summed E-state index contributed by atoms with van der Waals surface area (Å²) in [6.45, 7) is 13.7. The Bertz CT molecular complexity index is 1050. The van der Waals surface area contributed by atoms with Crippen LogP contribution in [-0.2, 0) is 46.1 Å². The maximum atomic E-state index is 5.40. The first kappa shape index (κ1) is 38.5. The molecule has 2 rings (SSSR count). The minimum absolute atomic E-state index is 0. The summed E-state index contributed by atoms with van der Waals surface area (Å²) in [5.74, 6) is 0. The van der Waals surface area contributed by atoms with Crippen LogP contribution < -0.4 is 0 Å². The Hall–Kier alpha value is -1.56. The third kappa shape index (κ3) is 14.3. The zero-order valence-electron chi connectivity index (χ0n) is 28.1. The van der Waals surface area contributed by atoms with Crippen molar-refractivity contribution in [1.29, 1.82) is 0 Å². The van der Waals surface area contributed by atoms with E-state index in [-0.39, 0.29) is 20.4 Å². The van der Waals surface area contributed by atoms with Gasteiger partial charge in [0.05, 0.1) is 22.8 Å². The van der Waals surface area contributed by atoms with Crippen molar-refractivity contribution < 1.29 is 20.4 Å². The number of nitrogens with zero attached hydrogens (tertiary/aromatic N) is 2. The van der Waals surface area contributed by atoms with E-state index in [1.807, 2.05) is 0 Å². The Morgan fingerprint density at radius 1 is 0.429 bits per heavy atom. The maximum absolute atomic E-state index is 5.40. The molecule has 0 fully saturated rings. The molecule has 0 aliphatic rings. The first-order chi connectivity index (χ1) is 20.1. The molecule has 0 N–H and O–H groups in total. The standard InChI is InChI=1S/C39H62N2.Pd/c1-7-13-15-16-17-19-25-39(41-37-29-27-33(21-10-4)35(31-37)23-12-6)38(24-18-14-8-2)40-36-28-26-32(20-9-3)34(30-36)22-11-5;/h26-31H,7-25H2,1-6H3;/b40-38+,41-39+;. The van der Waals surface area contributed by atoms with Gasteiger partial charge in [0.15, 0.2) is 0 Å². The second-order valence-corrected chi connectivity index (χ2v) is 12.0. The number of unbranched alkanes of at least 4 members (excludes halogenated alkanes) is 7. The monoisotopic (exact) mass is 664 g/mol. The molecule has 42 heavy (non-hydrogen) atoms. The van der Waals surface area contributed by atoms with Gasteiger partial charge in [-0.25, -0.2) is 0 Å². The molecule has 2 aromatic rings. The van der Waals surface area contributed by atoms with E-state index in [4.69, 9.17) is 9.98 Å². The molecular formula is C39H62N2Pd. The van der Waals surface area contributed by atoms with Crippen LogP contribution in [0.3, 0.4) is 0 Å². The van der Waals surface area contributed by atoms with E-state index >= 15 is 0 Å². The van der Waals surface area contributed by atoms with Crippen LogP contribution in [0.1, 0.15) is 160 Å². The number of aryl methyl sites for hydroxylation is 4. The second-order valence-electron chi connectivity index (χ2n) is 12.0. The van der Waals surface area contributed by atoms with E-state index in [0.29, 0.717) is 0 Å². The zero-order chi connectivity index (χ0) is 29.7. The molecule has 0 spiro atoms. The van der Waals surface area contributed by atoms with E-state index < -0.39 is 0 Å². The van der Waals surface area contributed by atoms with Crippen LogP contribution in [0.15, 0.2) is 46.4 Å². The molecule has 0 amide bonds. The van der Waals surface area contributed by atoms with Crippen molar-refractivity contribution in [3.63, 3.8) is 0 Å². The average molecular weight is 665 g/mol. The molecule has 0 atom stereocenters. The summed E-state index contributed by atoms with van der Waals surface area (Å²) >= 11 is 0. The topological polar surface area (TPSA) is 24.7 Å². The van der Waals surface area contributed by atoms with Gasteiger partial charge in [-0.2, -0.15) is 0 Å². The molecular weight excluding hydrogens is 603 g/mol. The summed E-state index contributed by atoms with van der Waals surface area (Å²) < 4.78 is 0. The van der Waals surface area contributed by atoms with E-state index in [0.717, 1.165) is 49.9 Å². The summed E-state index contributed by atoms with van der Waals surface area (Å²) in [6, 6.07) is 13.9. The van der Waals surface area contributed by atoms with Crippen molar-refractivity contribution >= 4 is 22.8 Å². The molecule has 0 aromatic heterocycles. The summed E-state index contributed by atoms with van der Waals surface area (Å²) in [5, 5.41) is 0. The fourth-order valence-corrected chi connectivity index (χ4v) is 5.85. The zero-order valence-corrected chi connectivity index (χ0v) is 29.7. The molecule has 0 aliphatic carbocycles. The van der Waals surface area contributed by atoms with Crippen molar-refractivity contribution in [1.82, 2.24) is 0 Å². The Kier molecular flexibility index (Phi) is 21.8. The number of aliphatic imine (C=N–C) groups is 2. The Balaban J connectivity index is 0.00000882. The summed E-state index contributed by atoms with van der Waals surface area (Å²) in [7, 11) is 0. The van der Waals surface area contributed by atoms with Crippen LogP contribution in [-0.4, -0.2) is 11.4 Å². The molecule has 2 aromatic carbocycles. The minimum Gasteiger partial charge on any atom is -0.252 e. The molecule has 238 valence electrons. The summed E-state index contributed by atoms with van der Waals surface area (Å²) in [5.41, 5.74) is 10.6. The third-order valence-electron chi connectivity index (χ3n) is 8.10. The van der Waals surface area contributed by atoms with Gasteiger partial charge in [-0.05, 0) is 97.9 Å². The van der Waals surface area contributed by atoms with Crippen LogP contribution in [0.5, 0.6) is 0 Å². The number of hydrogen-bond donors (Lipinski definition) is 0. The average Bonchev–Trinajstić information content (AvgIpc) is 2.97. The van der Waals surface area contributed by atoms with Crippen molar-refractivity contribution in [2.45, 2.75) is 164 Å². The number of benzene rings is 2. The first-order valence-corrected chi connectivity index (χ1v) is 17.5. The van der Waals surface area contributed by atoms with Gasteiger partial charge < -0.3 is 0 Å². The number of rotatable bonds is 22. The van der Waals surface area contributed by atoms with Crippen molar-refractivity contribution in [2.75, 3.05) is 0 Å². The Morgan fingerprint density at radius 2 is 0.786 bits per heavy atom. The number of hydrogen-bond acceptors (Lipinski definition) is 2. The summed E-state index contributed by atoms with van der Waals surface area (Å²) in [6.07, 6.45) is 22.8. The van der Waals surface area contributed by atoms with Crippen molar-refractivity contribution in [3.8, 4) is 0 Å². The normalized spacial score (nSPS) is 12.0. The van der Waals surface area contributed by atoms with Crippen molar-refractivity contribution in [2.24, 2.45) is 9.98 Å². The van der Waals surface area contributed by atoms with Crippen LogP contribution in [0, 0.1) is 0 Å². The molecule has 0 unspecified atom stereocenters.